The summed E-state index contributed by atoms with van der Waals surface area (Å²) in [5.41, 5.74) is 9.10. The molecule has 2 nitrogen and oxygen atoms in total. The molecule has 8 aromatic rings. The molecule has 250 valence electrons. The molecule has 0 aliphatic heterocycles. The van der Waals surface area contributed by atoms with Crippen molar-refractivity contribution in [2.75, 3.05) is 0 Å². The van der Waals surface area contributed by atoms with Gasteiger partial charge in [0.15, 0.2) is 0 Å². The standard InChI is InChI=1S/C45H39F3N2/c1-27(2)29-17-20-35-33-11-8-10-14-39(33)50(41(35)23-29)43-25-31(18-22-37(43)45(46,47)48)30-16-15-28(3)40(24-30)49-38-13-9-7-12-34(38)36-21-19-32(26-42(36)49)44(4,5)6/h7-27H,1-6H3. The number of para-hydroxylation sites is 2. The van der Waals surface area contributed by atoms with Gasteiger partial charge in [-0.1, -0.05) is 113 Å². The first-order chi connectivity index (χ1) is 23.8. The van der Waals surface area contributed by atoms with Gasteiger partial charge in [0.05, 0.1) is 33.3 Å². The van der Waals surface area contributed by atoms with Gasteiger partial charge >= 0.3 is 6.18 Å². The van der Waals surface area contributed by atoms with Gasteiger partial charge in [-0.25, -0.2) is 0 Å². The second-order valence-corrected chi connectivity index (χ2v) is 14.8. The van der Waals surface area contributed by atoms with Crippen molar-refractivity contribution in [1.29, 1.82) is 0 Å². The van der Waals surface area contributed by atoms with Gasteiger partial charge in [-0.3, -0.25) is 0 Å². The van der Waals surface area contributed by atoms with Crippen LogP contribution in [0.25, 0.3) is 66.1 Å². The van der Waals surface area contributed by atoms with E-state index in [0.717, 1.165) is 66.2 Å². The zero-order chi connectivity index (χ0) is 35.1. The minimum atomic E-state index is -4.55. The molecule has 0 spiro atoms. The predicted molar refractivity (Wildman–Crippen MR) is 203 cm³/mol. The summed E-state index contributed by atoms with van der Waals surface area (Å²) in [7, 11) is 0. The van der Waals surface area contributed by atoms with Gasteiger partial charge in [0, 0.05) is 27.2 Å². The number of benzene rings is 6. The summed E-state index contributed by atoms with van der Waals surface area (Å²) in [6, 6.07) is 39.8. The first kappa shape index (κ1) is 31.9. The summed E-state index contributed by atoms with van der Waals surface area (Å²) in [5.74, 6) is 0.227. The fourth-order valence-electron chi connectivity index (χ4n) is 7.47. The molecular formula is C45H39F3N2. The maximum atomic E-state index is 14.9. The average molecular weight is 665 g/mol. The number of halogens is 3. The van der Waals surface area contributed by atoms with Gasteiger partial charge in [-0.05, 0) is 88.5 Å². The molecule has 0 aliphatic carbocycles. The Labute approximate surface area is 290 Å². The third-order valence-electron chi connectivity index (χ3n) is 10.2. The molecule has 0 N–H and O–H groups in total. The Hall–Kier alpha value is -5.29. The molecule has 0 radical (unpaired) electrons. The Morgan fingerprint density at radius 2 is 1.04 bits per heavy atom. The number of nitrogens with zero attached hydrogens (tertiary/aromatic N) is 2. The maximum Gasteiger partial charge on any atom is 0.418 e. The molecule has 0 fully saturated rings. The first-order valence-electron chi connectivity index (χ1n) is 17.2. The van der Waals surface area contributed by atoms with Crippen LogP contribution in [0.4, 0.5) is 13.2 Å². The number of rotatable bonds is 4. The summed E-state index contributed by atoms with van der Waals surface area (Å²) in [4.78, 5) is 0. The summed E-state index contributed by atoms with van der Waals surface area (Å²) in [6.07, 6.45) is -4.55. The molecular weight excluding hydrogens is 626 g/mol. The van der Waals surface area contributed by atoms with E-state index in [-0.39, 0.29) is 17.0 Å². The molecule has 2 heterocycles. The molecule has 0 saturated carbocycles. The van der Waals surface area contributed by atoms with E-state index in [1.54, 1.807) is 16.7 Å². The lowest BCUT2D eigenvalue weighted by atomic mass is 9.86. The second-order valence-electron chi connectivity index (χ2n) is 14.8. The van der Waals surface area contributed by atoms with Crippen molar-refractivity contribution in [2.45, 2.75) is 59.1 Å². The molecule has 0 bridgehead atoms. The van der Waals surface area contributed by atoms with Crippen LogP contribution in [0.15, 0.2) is 121 Å². The van der Waals surface area contributed by atoms with Crippen molar-refractivity contribution >= 4 is 43.6 Å². The van der Waals surface area contributed by atoms with Gasteiger partial charge in [0.1, 0.15) is 0 Å². The normalized spacial score (nSPS) is 12.7. The molecule has 6 aromatic carbocycles. The molecule has 0 saturated heterocycles. The maximum absolute atomic E-state index is 14.9. The third kappa shape index (κ3) is 5.10. The van der Waals surface area contributed by atoms with Gasteiger partial charge in [0.25, 0.3) is 0 Å². The fourth-order valence-corrected chi connectivity index (χ4v) is 7.47. The average Bonchev–Trinajstić information content (AvgIpc) is 3.59. The number of aromatic nitrogens is 2. The molecule has 0 amide bonds. The van der Waals surface area contributed by atoms with E-state index in [9.17, 15) is 13.2 Å². The third-order valence-corrected chi connectivity index (χ3v) is 10.2. The molecule has 2 aromatic heterocycles. The highest BCUT2D eigenvalue weighted by molar-refractivity contribution is 6.10. The lowest BCUT2D eigenvalue weighted by Gasteiger charge is -2.20. The van der Waals surface area contributed by atoms with Crippen molar-refractivity contribution in [3.63, 3.8) is 0 Å². The molecule has 0 atom stereocenters. The lowest BCUT2D eigenvalue weighted by molar-refractivity contribution is -0.137. The van der Waals surface area contributed by atoms with Crippen molar-refractivity contribution in [1.82, 2.24) is 9.13 Å². The SMILES string of the molecule is Cc1ccc(-c2ccc(C(F)(F)F)c(-n3c4ccccc4c4ccc(C(C)C)cc43)c2)cc1-n1c2ccccc2c2ccc(C(C)(C)C)cc21. The van der Waals surface area contributed by atoms with Crippen LogP contribution in [0.1, 0.15) is 62.8 Å². The molecule has 5 heteroatoms. The quantitative estimate of drug-likeness (QED) is 0.177. The van der Waals surface area contributed by atoms with Crippen LogP contribution in [0.3, 0.4) is 0 Å². The van der Waals surface area contributed by atoms with Crippen LogP contribution in [0.2, 0.25) is 0 Å². The van der Waals surface area contributed by atoms with E-state index < -0.39 is 11.7 Å². The minimum Gasteiger partial charge on any atom is -0.309 e. The number of hydrogen-bond donors (Lipinski definition) is 0. The molecule has 0 aliphatic rings. The molecule has 0 unspecified atom stereocenters. The van der Waals surface area contributed by atoms with Gasteiger partial charge < -0.3 is 9.13 Å². The summed E-state index contributed by atoms with van der Waals surface area (Å²) in [6.45, 7) is 13.0. The topological polar surface area (TPSA) is 9.86 Å². The van der Waals surface area contributed by atoms with Gasteiger partial charge in [0.2, 0.25) is 0 Å². The minimum absolute atomic E-state index is 0.0360. The highest BCUT2D eigenvalue weighted by Gasteiger charge is 2.35. The Morgan fingerprint density at radius 1 is 0.520 bits per heavy atom. The summed E-state index contributed by atoms with van der Waals surface area (Å²) >= 11 is 0. The molecule has 8 rings (SSSR count). The second kappa shape index (κ2) is 11.4. The van der Waals surface area contributed by atoms with Crippen LogP contribution in [0.5, 0.6) is 0 Å². The van der Waals surface area contributed by atoms with E-state index in [1.807, 2.05) is 42.5 Å². The van der Waals surface area contributed by atoms with E-state index in [1.165, 1.54) is 17.0 Å². The molecule has 50 heavy (non-hydrogen) atoms. The van der Waals surface area contributed by atoms with E-state index in [4.69, 9.17) is 0 Å². The monoisotopic (exact) mass is 664 g/mol. The zero-order valence-corrected chi connectivity index (χ0v) is 29.2. The largest absolute Gasteiger partial charge is 0.418 e. The van der Waals surface area contributed by atoms with E-state index in [2.05, 4.69) is 107 Å². The lowest BCUT2D eigenvalue weighted by Crippen LogP contribution is -2.11. The van der Waals surface area contributed by atoms with E-state index >= 15 is 0 Å². The van der Waals surface area contributed by atoms with Crippen molar-refractivity contribution in [3.05, 3.63) is 144 Å². The van der Waals surface area contributed by atoms with Crippen LogP contribution < -0.4 is 0 Å². The first-order valence-corrected chi connectivity index (χ1v) is 17.2. The number of hydrogen-bond acceptors (Lipinski definition) is 0. The van der Waals surface area contributed by atoms with Crippen LogP contribution >= 0.6 is 0 Å². The van der Waals surface area contributed by atoms with Crippen LogP contribution in [-0.2, 0) is 11.6 Å². The van der Waals surface area contributed by atoms with Crippen molar-refractivity contribution in [2.24, 2.45) is 0 Å². The predicted octanol–water partition coefficient (Wildman–Crippen LogP) is 13.3. The fraction of sp³-hybridized carbons (Fsp3) is 0.200. The van der Waals surface area contributed by atoms with Crippen molar-refractivity contribution in [3.8, 4) is 22.5 Å². The van der Waals surface area contributed by atoms with Crippen LogP contribution in [-0.4, -0.2) is 9.13 Å². The Kier molecular flexibility index (Phi) is 7.27. The Morgan fingerprint density at radius 3 is 1.64 bits per heavy atom. The Balaban J connectivity index is 1.39. The number of alkyl halides is 3. The van der Waals surface area contributed by atoms with Gasteiger partial charge in [-0.2, -0.15) is 13.2 Å². The smallest absolute Gasteiger partial charge is 0.309 e. The number of aryl methyl sites for hydroxylation is 1. The highest BCUT2D eigenvalue weighted by atomic mass is 19.4. The highest BCUT2D eigenvalue weighted by Crippen LogP contribution is 2.42. The Bertz CT molecular complexity index is 2610. The zero-order valence-electron chi connectivity index (χ0n) is 29.2. The number of fused-ring (bicyclic) bond motifs is 6. The van der Waals surface area contributed by atoms with Crippen LogP contribution in [0, 0.1) is 6.92 Å². The summed E-state index contributed by atoms with van der Waals surface area (Å²) in [5, 5.41) is 4.19. The van der Waals surface area contributed by atoms with E-state index in [0.29, 0.717) is 0 Å². The van der Waals surface area contributed by atoms with Gasteiger partial charge in [-0.15, -0.1) is 0 Å². The summed E-state index contributed by atoms with van der Waals surface area (Å²) < 4.78 is 48.8. The van der Waals surface area contributed by atoms with Crippen molar-refractivity contribution < 1.29 is 13.2 Å².